The SMILES string of the molecule is Cc1ccc(Cn2cccc(N)c2=O)c(Cl)c1. The van der Waals surface area contributed by atoms with E-state index in [4.69, 9.17) is 17.3 Å². The van der Waals surface area contributed by atoms with Crippen molar-refractivity contribution < 1.29 is 0 Å². The highest BCUT2D eigenvalue weighted by atomic mass is 35.5. The summed E-state index contributed by atoms with van der Waals surface area (Å²) >= 11 is 6.12. The standard InChI is InChI=1S/C13H13ClN2O/c1-9-4-5-10(11(14)7-9)8-16-6-2-3-12(15)13(16)17/h2-7H,8,15H2,1H3. The molecule has 0 aliphatic carbocycles. The largest absolute Gasteiger partial charge is 0.394 e. The van der Waals surface area contributed by atoms with Crippen LogP contribution in [0.15, 0.2) is 41.3 Å². The number of halogens is 1. The van der Waals surface area contributed by atoms with Crippen molar-refractivity contribution in [2.75, 3.05) is 5.73 Å². The van der Waals surface area contributed by atoms with Gasteiger partial charge in [-0.05, 0) is 36.2 Å². The van der Waals surface area contributed by atoms with Gasteiger partial charge in [-0.3, -0.25) is 4.79 Å². The maximum Gasteiger partial charge on any atom is 0.273 e. The molecule has 0 amide bonds. The number of anilines is 1. The Balaban J connectivity index is 2.38. The summed E-state index contributed by atoms with van der Waals surface area (Å²) in [4.78, 5) is 11.7. The molecule has 0 bridgehead atoms. The molecule has 1 aromatic carbocycles. The Morgan fingerprint density at radius 1 is 1.35 bits per heavy atom. The Morgan fingerprint density at radius 2 is 2.12 bits per heavy atom. The maximum atomic E-state index is 11.7. The van der Waals surface area contributed by atoms with Crippen LogP contribution in [0.1, 0.15) is 11.1 Å². The Bertz CT molecular complexity index is 605. The summed E-state index contributed by atoms with van der Waals surface area (Å²) in [6.45, 7) is 2.41. The van der Waals surface area contributed by atoms with Gasteiger partial charge in [0.25, 0.3) is 5.56 Å². The van der Waals surface area contributed by atoms with Crippen LogP contribution in [0.5, 0.6) is 0 Å². The van der Waals surface area contributed by atoms with Crippen molar-refractivity contribution in [1.29, 1.82) is 0 Å². The van der Waals surface area contributed by atoms with Crippen molar-refractivity contribution in [3.05, 3.63) is 63.0 Å². The minimum absolute atomic E-state index is 0.191. The minimum atomic E-state index is -0.191. The number of aromatic nitrogens is 1. The molecule has 0 fully saturated rings. The first-order valence-electron chi connectivity index (χ1n) is 5.28. The second-order valence-electron chi connectivity index (χ2n) is 3.99. The molecule has 0 aliphatic rings. The van der Waals surface area contributed by atoms with E-state index in [1.54, 1.807) is 22.9 Å². The zero-order valence-corrected chi connectivity index (χ0v) is 10.2. The molecule has 0 radical (unpaired) electrons. The third-order valence-corrected chi connectivity index (χ3v) is 2.95. The van der Waals surface area contributed by atoms with Crippen LogP contribution in [-0.4, -0.2) is 4.57 Å². The molecule has 2 N–H and O–H groups in total. The van der Waals surface area contributed by atoms with E-state index in [-0.39, 0.29) is 11.2 Å². The van der Waals surface area contributed by atoms with Crippen LogP contribution < -0.4 is 11.3 Å². The molecular weight excluding hydrogens is 236 g/mol. The van der Waals surface area contributed by atoms with E-state index >= 15 is 0 Å². The molecule has 88 valence electrons. The molecule has 1 heterocycles. The van der Waals surface area contributed by atoms with Crippen molar-refractivity contribution in [3.8, 4) is 0 Å². The lowest BCUT2D eigenvalue weighted by molar-refractivity contribution is 0.762. The van der Waals surface area contributed by atoms with Crippen LogP contribution in [0.25, 0.3) is 0 Å². The zero-order valence-electron chi connectivity index (χ0n) is 9.48. The van der Waals surface area contributed by atoms with Gasteiger partial charge in [0.2, 0.25) is 0 Å². The van der Waals surface area contributed by atoms with Gasteiger partial charge in [-0.15, -0.1) is 0 Å². The molecule has 0 saturated carbocycles. The fraction of sp³-hybridized carbons (Fsp3) is 0.154. The predicted molar refractivity (Wildman–Crippen MR) is 70.4 cm³/mol. The number of aryl methyl sites for hydroxylation is 1. The van der Waals surface area contributed by atoms with Crippen molar-refractivity contribution in [1.82, 2.24) is 4.57 Å². The molecular formula is C13H13ClN2O. The lowest BCUT2D eigenvalue weighted by Crippen LogP contribution is -2.22. The molecule has 2 rings (SSSR count). The molecule has 3 nitrogen and oxygen atoms in total. The van der Waals surface area contributed by atoms with Crippen LogP contribution in [0.2, 0.25) is 5.02 Å². The molecule has 1 aromatic heterocycles. The first-order valence-corrected chi connectivity index (χ1v) is 5.65. The molecule has 17 heavy (non-hydrogen) atoms. The first-order chi connectivity index (χ1) is 8.08. The normalized spacial score (nSPS) is 10.5. The second-order valence-corrected chi connectivity index (χ2v) is 4.40. The molecule has 0 unspecified atom stereocenters. The highest BCUT2D eigenvalue weighted by molar-refractivity contribution is 6.31. The number of nitrogen functional groups attached to an aromatic ring is 1. The highest BCUT2D eigenvalue weighted by Crippen LogP contribution is 2.18. The van der Waals surface area contributed by atoms with Crippen LogP contribution in [0.3, 0.4) is 0 Å². The minimum Gasteiger partial charge on any atom is -0.394 e. The summed E-state index contributed by atoms with van der Waals surface area (Å²) in [5.41, 5.74) is 7.63. The van der Waals surface area contributed by atoms with Crippen LogP contribution in [0.4, 0.5) is 5.69 Å². The summed E-state index contributed by atoms with van der Waals surface area (Å²) in [6.07, 6.45) is 1.70. The number of hydrogen-bond acceptors (Lipinski definition) is 2. The van der Waals surface area contributed by atoms with Crippen LogP contribution in [-0.2, 0) is 6.54 Å². The van der Waals surface area contributed by atoms with E-state index < -0.39 is 0 Å². The van der Waals surface area contributed by atoms with Gasteiger partial charge in [0.1, 0.15) is 0 Å². The van der Waals surface area contributed by atoms with Crippen molar-refractivity contribution in [2.45, 2.75) is 13.5 Å². The highest BCUT2D eigenvalue weighted by Gasteiger charge is 2.04. The van der Waals surface area contributed by atoms with Gasteiger partial charge in [0, 0.05) is 11.2 Å². The van der Waals surface area contributed by atoms with E-state index in [9.17, 15) is 4.79 Å². The van der Waals surface area contributed by atoms with E-state index in [0.717, 1.165) is 11.1 Å². The summed E-state index contributed by atoms with van der Waals surface area (Å²) in [6, 6.07) is 9.12. The molecule has 2 aromatic rings. The molecule has 0 spiro atoms. The summed E-state index contributed by atoms with van der Waals surface area (Å²) in [5.74, 6) is 0. The third-order valence-electron chi connectivity index (χ3n) is 2.60. The summed E-state index contributed by atoms with van der Waals surface area (Å²) in [7, 11) is 0. The van der Waals surface area contributed by atoms with Crippen LogP contribution >= 0.6 is 11.6 Å². The average Bonchev–Trinajstić information content (AvgIpc) is 2.28. The Hall–Kier alpha value is -1.74. The Labute approximate surface area is 104 Å². The molecule has 4 heteroatoms. The lowest BCUT2D eigenvalue weighted by Gasteiger charge is -2.08. The molecule has 0 atom stereocenters. The quantitative estimate of drug-likeness (QED) is 0.888. The van der Waals surface area contributed by atoms with Gasteiger partial charge in [0.15, 0.2) is 0 Å². The van der Waals surface area contributed by atoms with E-state index in [2.05, 4.69) is 0 Å². The topological polar surface area (TPSA) is 48.0 Å². The summed E-state index contributed by atoms with van der Waals surface area (Å²) in [5, 5.41) is 0.666. The number of rotatable bonds is 2. The van der Waals surface area contributed by atoms with Gasteiger partial charge in [0.05, 0.1) is 12.2 Å². The van der Waals surface area contributed by atoms with Gasteiger partial charge < -0.3 is 10.3 Å². The average molecular weight is 249 g/mol. The Kier molecular flexibility index (Phi) is 3.20. The van der Waals surface area contributed by atoms with Gasteiger partial charge >= 0.3 is 0 Å². The maximum absolute atomic E-state index is 11.7. The number of pyridine rings is 1. The second kappa shape index (κ2) is 4.63. The zero-order chi connectivity index (χ0) is 12.4. The predicted octanol–water partition coefficient (Wildman–Crippen LogP) is 2.44. The first kappa shape index (κ1) is 11.7. The Morgan fingerprint density at radius 3 is 2.82 bits per heavy atom. The fourth-order valence-corrected chi connectivity index (χ4v) is 1.94. The van der Waals surface area contributed by atoms with Gasteiger partial charge in [-0.1, -0.05) is 23.7 Å². The van der Waals surface area contributed by atoms with E-state index in [1.165, 1.54) is 0 Å². The van der Waals surface area contributed by atoms with Gasteiger partial charge in [-0.25, -0.2) is 0 Å². The smallest absolute Gasteiger partial charge is 0.273 e. The number of benzene rings is 1. The fourth-order valence-electron chi connectivity index (χ4n) is 1.64. The van der Waals surface area contributed by atoms with Gasteiger partial charge in [-0.2, -0.15) is 0 Å². The monoisotopic (exact) mass is 248 g/mol. The van der Waals surface area contributed by atoms with Crippen molar-refractivity contribution in [2.24, 2.45) is 0 Å². The van der Waals surface area contributed by atoms with E-state index in [1.807, 2.05) is 25.1 Å². The number of nitrogens with two attached hydrogens (primary N) is 1. The van der Waals surface area contributed by atoms with E-state index in [0.29, 0.717) is 11.6 Å². The van der Waals surface area contributed by atoms with Crippen molar-refractivity contribution in [3.63, 3.8) is 0 Å². The lowest BCUT2D eigenvalue weighted by atomic mass is 10.1. The number of nitrogens with zero attached hydrogens (tertiary/aromatic N) is 1. The van der Waals surface area contributed by atoms with Crippen molar-refractivity contribution >= 4 is 17.3 Å². The molecule has 0 aliphatic heterocycles. The third kappa shape index (κ3) is 2.50. The molecule has 0 saturated heterocycles. The summed E-state index contributed by atoms with van der Waals surface area (Å²) < 4.78 is 1.55. The van der Waals surface area contributed by atoms with Crippen LogP contribution in [0, 0.1) is 6.92 Å². The number of hydrogen-bond donors (Lipinski definition) is 1.